The Balaban J connectivity index is 1.70. The van der Waals surface area contributed by atoms with E-state index in [4.69, 9.17) is 0 Å². The van der Waals surface area contributed by atoms with E-state index in [1.807, 2.05) is 23.8 Å². The van der Waals surface area contributed by atoms with Crippen LogP contribution in [0.1, 0.15) is 41.0 Å². The number of thiophene rings is 1. The molecule has 0 spiro atoms. The highest BCUT2D eigenvalue weighted by molar-refractivity contribution is 7.17. The first-order chi connectivity index (χ1) is 10.1. The highest BCUT2D eigenvalue weighted by Crippen LogP contribution is 2.30. The van der Waals surface area contributed by atoms with Gasteiger partial charge in [0.25, 0.3) is 5.91 Å². The minimum absolute atomic E-state index is 0.133. The van der Waals surface area contributed by atoms with Gasteiger partial charge in [0.15, 0.2) is 0 Å². The van der Waals surface area contributed by atoms with Crippen molar-refractivity contribution in [3.8, 4) is 10.6 Å². The number of hydrogen-bond acceptors (Lipinski definition) is 5. The molecule has 0 bridgehead atoms. The molecule has 0 atom stereocenters. The molecular formula is C15H18N2O2S2. The van der Waals surface area contributed by atoms with Crippen LogP contribution in [0.3, 0.4) is 0 Å². The van der Waals surface area contributed by atoms with Gasteiger partial charge in [0, 0.05) is 17.5 Å². The summed E-state index contributed by atoms with van der Waals surface area (Å²) in [5.74, 6) is -0.133. The number of aryl methyl sites for hydroxylation is 1. The molecule has 1 fully saturated rings. The maximum atomic E-state index is 12.3. The first-order valence-electron chi connectivity index (χ1n) is 7.08. The van der Waals surface area contributed by atoms with Gasteiger partial charge in [0.1, 0.15) is 9.88 Å². The molecule has 0 aliphatic heterocycles. The maximum absolute atomic E-state index is 12.3. The van der Waals surface area contributed by atoms with Crippen LogP contribution in [0.2, 0.25) is 0 Å². The Bertz CT molecular complexity index is 628. The van der Waals surface area contributed by atoms with Crippen molar-refractivity contribution in [2.45, 2.75) is 38.2 Å². The number of aliphatic hydroxyl groups is 1. The van der Waals surface area contributed by atoms with E-state index in [0.717, 1.165) is 41.9 Å². The molecule has 6 heteroatoms. The standard InChI is InChI=1S/C15H18N2O2S2/c1-10-12(21-14(17-10)11-4-7-20-8-11)13(18)16-9-15(19)5-2-3-6-15/h4,7-8,19H,2-3,5-6,9H2,1H3,(H,16,18). The lowest BCUT2D eigenvalue weighted by molar-refractivity contribution is 0.0450. The monoisotopic (exact) mass is 322 g/mol. The molecule has 21 heavy (non-hydrogen) atoms. The van der Waals surface area contributed by atoms with Crippen molar-refractivity contribution in [3.63, 3.8) is 0 Å². The minimum atomic E-state index is -0.718. The number of carbonyl (C=O) groups is 1. The van der Waals surface area contributed by atoms with Gasteiger partial charge in [-0.1, -0.05) is 12.8 Å². The van der Waals surface area contributed by atoms with Crippen LogP contribution in [0.25, 0.3) is 10.6 Å². The fourth-order valence-electron chi connectivity index (χ4n) is 2.65. The normalized spacial score (nSPS) is 17.0. The van der Waals surface area contributed by atoms with E-state index in [1.54, 1.807) is 11.3 Å². The van der Waals surface area contributed by atoms with Crippen LogP contribution in [-0.2, 0) is 0 Å². The summed E-state index contributed by atoms with van der Waals surface area (Å²) in [4.78, 5) is 17.4. The van der Waals surface area contributed by atoms with Crippen molar-refractivity contribution in [2.75, 3.05) is 6.54 Å². The molecule has 112 valence electrons. The van der Waals surface area contributed by atoms with E-state index < -0.39 is 5.60 Å². The van der Waals surface area contributed by atoms with Crippen LogP contribution < -0.4 is 5.32 Å². The zero-order valence-electron chi connectivity index (χ0n) is 11.9. The lowest BCUT2D eigenvalue weighted by atomic mass is 10.0. The van der Waals surface area contributed by atoms with E-state index in [1.165, 1.54) is 11.3 Å². The number of carbonyl (C=O) groups excluding carboxylic acids is 1. The van der Waals surface area contributed by atoms with Crippen LogP contribution >= 0.6 is 22.7 Å². The van der Waals surface area contributed by atoms with Gasteiger partial charge in [-0.3, -0.25) is 4.79 Å². The molecule has 2 N–H and O–H groups in total. The highest BCUT2D eigenvalue weighted by atomic mass is 32.1. The molecule has 1 amide bonds. The number of rotatable bonds is 4. The largest absolute Gasteiger partial charge is 0.388 e. The van der Waals surface area contributed by atoms with Crippen molar-refractivity contribution in [2.24, 2.45) is 0 Å². The molecule has 1 aliphatic carbocycles. The average Bonchev–Trinajstić information content (AvgIpc) is 3.16. The molecule has 0 radical (unpaired) electrons. The molecule has 1 aliphatic rings. The van der Waals surface area contributed by atoms with Gasteiger partial charge in [0.2, 0.25) is 0 Å². The van der Waals surface area contributed by atoms with E-state index >= 15 is 0 Å². The summed E-state index contributed by atoms with van der Waals surface area (Å²) in [7, 11) is 0. The minimum Gasteiger partial charge on any atom is -0.388 e. The Morgan fingerprint density at radius 1 is 1.48 bits per heavy atom. The molecule has 2 aromatic rings. The molecule has 2 heterocycles. The average molecular weight is 322 g/mol. The van der Waals surface area contributed by atoms with Crippen molar-refractivity contribution in [1.82, 2.24) is 10.3 Å². The lowest BCUT2D eigenvalue weighted by Crippen LogP contribution is -2.40. The second-order valence-corrected chi connectivity index (χ2v) is 7.34. The van der Waals surface area contributed by atoms with Crippen LogP contribution in [0.5, 0.6) is 0 Å². The molecule has 0 unspecified atom stereocenters. The number of nitrogens with one attached hydrogen (secondary N) is 1. The third-order valence-corrected chi connectivity index (χ3v) is 5.77. The van der Waals surface area contributed by atoms with Gasteiger partial charge >= 0.3 is 0 Å². The van der Waals surface area contributed by atoms with Crippen LogP contribution in [0.15, 0.2) is 16.8 Å². The van der Waals surface area contributed by atoms with E-state index in [0.29, 0.717) is 11.4 Å². The van der Waals surface area contributed by atoms with Crippen LogP contribution in [0, 0.1) is 6.92 Å². The summed E-state index contributed by atoms with van der Waals surface area (Å²) in [6, 6.07) is 2.01. The van der Waals surface area contributed by atoms with Crippen molar-refractivity contribution in [3.05, 3.63) is 27.4 Å². The molecule has 0 aromatic carbocycles. The molecule has 4 nitrogen and oxygen atoms in total. The summed E-state index contributed by atoms with van der Waals surface area (Å²) >= 11 is 3.03. The first-order valence-corrected chi connectivity index (χ1v) is 8.84. The Morgan fingerprint density at radius 3 is 2.90 bits per heavy atom. The first kappa shape index (κ1) is 14.7. The second-order valence-electron chi connectivity index (χ2n) is 5.56. The van der Waals surface area contributed by atoms with Gasteiger partial charge in [-0.15, -0.1) is 11.3 Å². The predicted octanol–water partition coefficient (Wildman–Crippen LogP) is 3.21. The van der Waals surface area contributed by atoms with Gasteiger partial charge in [-0.05, 0) is 31.2 Å². The number of amides is 1. The Hall–Kier alpha value is -1.24. The van der Waals surface area contributed by atoms with Crippen molar-refractivity contribution < 1.29 is 9.90 Å². The zero-order valence-corrected chi connectivity index (χ0v) is 13.5. The molecule has 1 saturated carbocycles. The quantitative estimate of drug-likeness (QED) is 0.908. The summed E-state index contributed by atoms with van der Waals surface area (Å²) in [6.45, 7) is 2.18. The van der Waals surface area contributed by atoms with E-state index in [-0.39, 0.29) is 5.91 Å². The second kappa shape index (κ2) is 5.87. The molecular weight excluding hydrogens is 304 g/mol. The van der Waals surface area contributed by atoms with E-state index in [2.05, 4.69) is 10.3 Å². The number of aromatic nitrogens is 1. The molecule has 3 rings (SSSR count). The molecule has 2 aromatic heterocycles. The Labute approximate surface area is 131 Å². The fourth-order valence-corrected chi connectivity index (χ4v) is 4.35. The summed E-state index contributed by atoms with van der Waals surface area (Å²) in [5.41, 5.74) is 1.09. The zero-order chi connectivity index (χ0) is 14.9. The van der Waals surface area contributed by atoms with E-state index in [9.17, 15) is 9.90 Å². The third-order valence-electron chi connectivity index (χ3n) is 3.88. The Kier molecular flexibility index (Phi) is 4.10. The van der Waals surface area contributed by atoms with Crippen molar-refractivity contribution >= 4 is 28.6 Å². The Morgan fingerprint density at radius 2 is 2.24 bits per heavy atom. The number of hydrogen-bond donors (Lipinski definition) is 2. The van der Waals surface area contributed by atoms with Gasteiger partial charge < -0.3 is 10.4 Å². The van der Waals surface area contributed by atoms with Crippen LogP contribution in [0.4, 0.5) is 0 Å². The summed E-state index contributed by atoms with van der Waals surface area (Å²) in [5, 5.41) is 18.1. The van der Waals surface area contributed by atoms with Gasteiger partial charge in [0.05, 0.1) is 11.3 Å². The van der Waals surface area contributed by atoms with Gasteiger partial charge in [-0.2, -0.15) is 11.3 Å². The SMILES string of the molecule is Cc1nc(-c2ccsc2)sc1C(=O)NCC1(O)CCCC1. The highest BCUT2D eigenvalue weighted by Gasteiger charge is 2.31. The summed E-state index contributed by atoms with van der Waals surface area (Å²) < 4.78 is 0. The summed E-state index contributed by atoms with van der Waals surface area (Å²) in [6.07, 6.45) is 3.62. The van der Waals surface area contributed by atoms with Gasteiger partial charge in [-0.25, -0.2) is 4.98 Å². The fraction of sp³-hybridized carbons (Fsp3) is 0.467. The lowest BCUT2D eigenvalue weighted by Gasteiger charge is -2.22. The van der Waals surface area contributed by atoms with Crippen LogP contribution in [-0.4, -0.2) is 28.1 Å². The predicted molar refractivity (Wildman–Crippen MR) is 85.9 cm³/mol. The van der Waals surface area contributed by atoms with Crippen molar-refractivity contribution in [1.29, 1.82) is 0 Å². The molecule has 0 saturated heterocycles. The smallest absolute Gasteiger partial charge is 0.263 e. The maximum Gasteiger partial charge on any atom is 0.263 e. The third kappa shape index (κ3) is 3.17. The number of nitrogens with zero attached hydrogens (tertiary/aromatic N) is 1. The topological polar surface area (TPSA) is 62.2 Å². The number of thiazole rings is 1.